The normalized spacial score (nSPS) is 15.7. The summed E-state index contributed by atoms with van der Waals surface area (Å²) >= 11 is 17.6. The van der Waals surface area contributed by atoms with Gasteiger partial charge in [-0.05, 0) is 67.2 Å². The minimum atomic E-state index is -0.494. The maximum Gasteiger partial charge on any atom is 0.270 e. The zero-order valence-electron chi connectivity index (χ0n) is 17.0. The van der Waals surface area contributed by atoms with Gasteiger partial charge in [0.2, 0.25) is 0 Å². The monoisotopic (exact) mass is 484 g/mol. The molecular weight excluding hydrogens is 467 g/mol. The molecule has 32 heavy (non-hydrogen) atoms. The lowest BCUT2D eigenvalue weighted by Crippen LogP contribution is -2.56. The van der Waals surface area contributed by atoms with Crippen LogP contribution < -0.4 is 4.90 Å². The molecule has 0 N–H and O–H groups in total. The van der Waals surface area contributed by atoms with Gasteiger partial charge in [0, 0.05) is 12.1 Å². The van der Waals surface area contributed by atoms with Gasteiger partial charge in [-0.25, -0.2) is 0 Å². The van der Waals surface area contributed by atoms with Crippen LogP contribution in [0, 0.1) is 0 Å². The Bertz CT molecular complexity index is 1240. The third kappa shape index (κ3) is 4.21. The summed E-state index contributed by atoms with van der Waals surface area (Å²) in [4.78, 5) is 29.3. The third-order valence-corrected chi connectivity index (χ3v) is 6.05. The van der Waals surface area contributed by atoms with Crippen LogP contribution in [-0.4, -0.2) is 28.4 Å². The highest BCUT2D eigenvalue weighted by Crippen LogP contribution is 2.31. The molecule has 0 saturated carbocycles. The molecule has 5 nitrogen and oxygen atoms in total. The van der Waals surface area contributed by atoms with Crippen LogP contribution in [0.3, 0.4) is 0 Å². The summed E-state index contributed by atoms with van der Waals surface area (Å²) in [6.45, 7) is 2.34. The van der Waals surface area contributed by atoms with Gasteiger partial charge in [0.15, 0.2) is 5.11 Å². The molecule has 1 aromatic heterocycles. The number of amides is 2. The van der Waals surface area contributed by atoms with Gasteiger partial charge < -0.3 is 4.42 Å². The second-order valence-corrected chi connectivity index (χ2v) is 8.28. The second-order valence-electron chi connectivity index (χ2n) is 7.10. The summed E-state index contributed by atoms with van der Waals surface area (Å²) in [5, 5.41) is 1.01. The van der Waals surface area contributed by atoms with Crippen molar-refractivity contribution in [3.8, 4) is 11.3 Å². The first-order valence-electron chi connectivity index (χ1n) is 9.93. The molecular formula is C24H18Cl2N2O3S. The first-order valence-corrected chi connectivity index (χ1v) is 11.1. The molecule has 0 atom stereocenters. The van der Waals surface area contributed by atoms with Gasteiger partial charge in [-0.2, -0.15) is 0 Å². The van der Waals surface area contributed by atoms with E-state index >= 15 is 0 Å². The van der Waals surface area contributed by atoms with Crippen LogP contribution in [0.15, 0.2) is 70.7 Å². The fraction of sp³-hybridized carbons (Fsp3) is 0.125. The van der Waals surface area contributed by atoms with E-state index in [9.17, 15) is 9.59 Å². The zero-order valence-corrected chi connectivity index (χ0v) is 19.4. The van der Waals surface area contributed by atoms with Gasteiger partial charge in [-0.1, -0.05) is 48.3 Å². The number of carbonyl (C=O) groups is 2. The smallest absolute Gasteiger partial charge is 0.270 e. The van der Waals surface area contributed by atoms with E-state index in [0.29, 0.717) is 40.2 Å². The SMILES string of the molecule is CCCN1C(=O)/C(=C/c2ccc(-c3ccc(Cl)c(Cl)c3)o2)C(=O)N(c2ccccc2)C1=S. The number of rotatable bonds is 5. The highest BCUT2D eigenvalue weighted by molar-refractivity contribution is 7.80. The molecule has 2 aromatic carbocycles. The van der Waals surface area contributed by atoms with Gasteiger partial charge in [0.25, 0.3) is 11.8 Å². The molecule has 0 radical (unpaired) electrons. The number of benzene rings is 2. The number of hydrogen-bond acceptors (Lipinski definition) is 4. The fourth-order valence-electron chi connectivity index (χ4n) is 3.38. The third-order valence-electron chi connectivity index (χ3n) is 4.91. The average Bonchev–Trinajstić information content (AvgIpc) is 3.26. The van der Waals surface area contributed by atoms with Crippen molar-refractivity contribution in [2.75, 3.05) is 11.4 Å². The number of hydrogen-bond donors (Lipinski definition) is 0. The Morgan fingerprint density at radius 3 is 2.41 bits per heavy atom. The van der Waals surface area contributed by atoms with E-state index < -0.39 is 11.8 Å². The van der Waals surface area contributed by atoms with E-state index in [0.717, 1.165) is 5.56 Å². The Labute approximate surface area is 200 Å². The minimum absolute atomic E-state index is 0.0223. The first-order chi connectivity index (χ1) is 15.4. The maximum atomic E-state index is 13.3. The zero-order chi connectivity index (χ0) is 22.8. The molecule has 1 aliphatic heterocycles. The largest absolute Gasteiger partial charge is 0.457 e. The standard InChI is InChI=1S/C24H18Cl2N2O3S/c1-2-12-27-22(29)18(23(30)28(24(27)32)16-6-4-3-5-7-16)14-17-9-11-21(31-17)15-8-10-19(25)20(26)13-15/h3-11,13-14H,2,12H2,1H3/b18-14-. The van der Waals surface area contributed by atoms with Gasteiger partial charge in [0.1, 0.15) is 17.1 Å². The van der Waals surface area contributed by atoms with Crippen LogP contribution in [0.25, 0.3) is 17.4 Å². The number of nitrogens with zero attached hydrogens (tertiary/aromatic N) is 2. The van der Waals surface area contributed by atoms with Crippen LogP contribution in [0.2, 0.25) is 10.0 Å². The van der Waals surface area contributed by atoms with Crippen molar-refractivity contribution < 1.29 is 14.0 Å². The predicted molar refractivity (Wildman–Crippen MR) is 131 cm³/mol. The molecule has 1 aliphatic rings. The molecule has 3 aromatic rings. The van der Waals surface area contributed by atoms with Crippen molar-refractivity contribution in [3.63, 3.8) is 0 Å². The second kappa shape index (κ2) is 9.28. The lowest BCUT2D eigenvalue weighted by molar-refractivity contribution is -0.127. The highest BCUT2D eigenvalue weighted by atomic mass is 35.5. The van der Waals surface area contributed by atoms with Crippen molar-refractivity contribution in [2.45, 2.75) is 13.3 Å². The number of thiocarbonyl (C=S) groups is 1. The summed E-state index contributed by atoms with van der Waals surface area (Å²) in [5.74, 6) is -0.0421. The number of carbonyl (C=O) groups excluding carboxylic acids is 2. The van der Waals surface area contributed by atoms with Gasteiger partial charge in [0.05, 0.1) is 15.7 Å². The summed E-state index contributed by atoms with van der Waals surface area (Å²) in [6, 6.07) is 17.6. The number of furan rings is 1. The molecule has 2 heterocycles. The average molecular weight is 485 g/mol. The predicted octanol–water partition coefficient (Wildman–Crippen LogP) is 6.21. The van der Waals surface area contributed by atoms with E-state index in [4.69, 9.17) is 39.8 Å². The Morgan fingerprint density at radius 2 is 1.72 bits per heavy atom. The van der Waals surface area contributed by atoms with Crippen LogP contribution >= 0.6 is 35.4 Å². The van der Waals surface area contributed by atoms with Crippen molar-refractivity contribution in [1.82, 2.24) is 4.90 Å². The number of halogens is 2. The summed E-state index contributed by atoms with van der Waals surface area (Å²) in [7, 11) is 0. The first kappa shape index (κ1) is 22.3. The minimum Gasteiger partial charge on any atom is -0.457 e. The van der Waals surface area contributed by atoms with E-state index in [1.54, 1.807) is 42.5 Å². The van der Waals surface area contributed by atoms with Crippen molar-refractivity contribution in [1.29, 1.82) is 0 Å². The Balaban J connectivity index is 1.73. The molecule has 162 valence electrons. The van der Waals surface area contributed by atoms with Crippen molar-refractivity contribution >= 4 is 64.1 Å². The molecule has 8 heteroatoms. The summed E-state index contributed by atoms with van der Waals surface area (Å²) < 4.78 is 5.87. The maximum absolute atomic E-state index is 13.3. The van der Waals surface area contributed by atoms with Crippen LogP contribution in [0.5, 0.6) is 0 Å². The molecule has 0 unspecified atom stereocenters. The van der Waals surface area contributed by atoms with Gasteiger partial charge >= 0.3 is 0 Å². The Morgan fingerprint density at radius 1 is 0.969 bits per heavy atom. The fourth-order valence-corrected chi connectivity index (χ4v) is 4.04. The van der Waals surface area contributed by atoms with Crippen LogP contribution in [0.4, 0.5) is 5.69 Å². The number of para-hydroxylation sites is 1. The molecule has 4 rings (SSSR count). The lowest BCUT2D eigenvalue weighted by Gasteiger charge is -2.36. The number of anilines is 1. The van der Waals surface area contributed by atoms with E-state index in [1.807, 2.05) is 25.1 Å². The van der Waals surface area contributed by atoms with E-state index in [-0.39, 0.29) is 10.7 Å². The molecule has 0 aliphatic carbocycles. The Kier molecular flexibility index (Phi) is 6.46. The van der Waals surface area contributed by atoms with Crippen LogP contribution in [0.1, 0.15) is 19.1 Å². The van der Waals surface area contributed by atoms with Crippen molar-refractivity contribution in [3.05, 3.63) is 82.0 Å². The van der Waals surface area contributed by atoms with Crippen LogP contribution in [-0.2, 0) is 9.59 Å². The summed E-state index contributed by atoms with van der Waals surface area (Å²) in [6.07, 6.45) is 2.14. The molecule has 2 amide bonds. The van der Waals surface area contributed by atoms with E-state index in [2.05, 4.69) is 0 Å². The quantitative estimate of drug-likeness (QED) is 0.245. The highest BCUT2D eigenvalue weighted by Gasteiger charge is 2.40. The van der Waals surface area contributed by atoms with E-state index in [1.165, 1.54) is 15.9 Å². The molecule has 1 saturated heterocycles. The molecule has 0 spiro atoms. The Hall–Kier alpha value is -2.93. The van der Waals surface area contributed by atoms with Crippen molar-refractivity contribution in [2.24, 2.45) is 0 Å². The molecule has 1 fully saturated rings. The lowest BCUT2D eigenvalue weighted by atomic mass is 10.1. The topological polar surface area (TPSA) is 53.8 Å². The van der Waals surface area contributed by atoms with Gasteiger partial charge in [-0.15, -0.1) is 0 Å². The van der Waals surface area contributed by atoms with Gasteiger partial charge in [-0.3, -0.25) is 19.4 Å². The molecule has 0 bridgehead atoms. The summed E-state index contributed by atoms with van der Waals surface area (Å²) in [5.41, 5.74) is 1.30.